The first-order chi connectivity index (χ1) is 7.84. The van der Waals surface area contributed by atoms with Crippen LogP contribution in [0.25, 0.3) is 0 Å². The number of quaternary nitrogens is 4. The number of hydrogen-bond acceptors (Lipinski definition) is 5. The Morgan fingerprint density at radius 2 is 0.727 bits per heavy atom. The topological polar surface area (TPSA) is 255 Å². The summed E-state index contributed by atoms with van der Waals surface area (Å²) < 4.78 is 0. The summed E-state index contributed by atoms with van der Waals surface area (Å²) in [6, 6.07) is 0. The molecule has 0 radical (unpaired) electrons. The smallest absolute Gasteiger partial charge is 0.146 e. The third-order valence-corrected chi connectivity index (χ3v) is 0.535. The second kappa shape index (κ2) is 37.2. The maximum Gasteiger partial charge on any atom is 0.146 e. The maximum absolute atomic E-state index is 9.53. The number of carbonyl (C=O) groups is 1. The normalized spacial score (nSPS) is 7.41. The molecule has 0 unspecified atom stereocenters. The van der Waals surface area contributed by atoms with Gasteiger partial charge in [-0.1, -0.05) is 64.7 Å². The van der Waals surface area contributed by atoms with Crippen molar-refractivity contribution in [2.45, 2.75) is 64.7 Å². The summed E-state index contributed by atoms with van der Waals surface area (Å²) in [5.74, 6) is -1.46. The Morgan fingerprint density at radius 1 is 0.682 bits per heavy atom. The van der Waals surface area contributed by atoms with Crippen LogP contribution in [-0.4, -0.2) is 29.1 Å². The third-order valence-electron chi connectivity index (χ3n) is 0.178. The fourth-order valence-electron chi connectivity index (χ4n) is 0. The first-order valence-electron chi connectivity index (χ1n) is 5.30. The van der Waals surface area contributed by atoms with Gasteiger partial charge in [0.1, 0.15) is 4.84 Å². The number of alkyl halides is 2. The number of rotatable bonds is 1. The van der Waals surface area contributed by atoms with Crippen molar-refractivity contribution in [2.75, 3.05) is 0 Å². The number of carboxylic acids is 1. The molecule has 9 nitrogen and oxygen atoms in total. The van der Waals surface area contributed by atoms with Crippen LogP contribution >= 0.6 is 23.2 Å². The van der Waals surface area contributed by atoms with Crippen molar-refractivity contribution < 1.29 is 25.2 Å². The van der Waals surface area contributed by atoms with Gasteiger partial charge in [-0.25, -0.2) is 0 Å². The number of carbonyl (C=O) groups excluding carboxylic acids is 1. The van der Waals surface area contributed by atoms with Gasteiger partial charge in [-0.2, -0.15) is 0 Å². The van der Waals surface area contributed by atoms with Gasteiger partial charge in [-0.05, 0) is 0 Å². The van der Waals surface area contributed by atoms with E-state index in [0.29, 0.717) is 0 Å². The molecule has 0 amide bonds. The SMILES string of the molecule is CC(C)[O-].CC(C)[O-].CC(C)[O-].O=C([O-])C(Cl)Cl.[NH4+].[NH4+].[NH4+].[NH4+]. The Kier molecular flexibility index (Phi) is 83.8. The van der Waals surface area contributed by atoms with E-state index in [1.807, 2.05) is 0 Å². The molecular formula is C11H38Cl2N4O5. The highest BCUT2D eigenvalue weighted by molar-refractivity contribution is 6.52. The van der Waals surface area contributed by atoms with Crippen LogP contribution in [0.5, 0.6) is 0 Å². The minimum absolute atomic E-state index is 0. The minimum Gasteiger partial charge on any atom is -0.852 e. The molecule has 0 heterocycles. The zero-order chi connectivity index (χ0) is 15.9. The third kappa shape index (κ3) is 490. The highest BCUT2D eigenvalue weighted by Gasteiger charge is 1.93. The van der Waals surface area contributed by atoms with Crippen LogP contribution in [0.2, 0.25) is 0 Å². The van der Waals surface area contributed by atoms with Gasteiger partial charge in [-0.3, -0.25) is 0 Å². The molecule has 0 atom stereocenters. The van der Waals surface area contributed by atoms with Crippen LogP contribution in [0.4, 0.5) is 0 Å². The molecule has 0 rings (SSSR count). The highest BCUT2D eigenvalue weighted by atomic mass is 35.5. The zero-order valence-electron chi connectivity index (χ0n) is 15.6. The van der Waals surface area contributed by atoms with Crippen molar-refractivity contribution in [3.05, 3.63) is 0 Å². The molecular weight excluding hydrogens is 339 g/mol. The van der Waals surface area contributed by atoms with Crippen LogP contribution in [0.3, 0.4) is 0 Å². The quantitative estimate of drug-likeness (QED) is 0.469. The summed E-state index contributed by atoms with van der Waals surface area (Å²) in [6.45, 7) is 9.67. The average Bonchev–Trinajstić information content (AvgIpc) is 1.99. The van der Waals surface area contributed by atoms with Gasteiger partial charge in [-0.15, -0.1) is 18.3 Å². The number of aliphatic carboxylic acids is 1. The summed E-state index contributed by atoms with van der Waals surface area (Å²) in [5.41, 5.74) is 0. The van der Waals surface area contributed by atoms with Crippen LogP contribution in [0.15, 0.2) is 0 Å². The Balaban J connectivity index is -0.0000000190. The van der Waals surface area contributed by atoms with E-state index >= 15 is 0 Å². The van der Waals surface area contributed by atoms with Gasteiger partial charge in [0.2, 0.25) is 0 Å². The molecule has 0 aromatic carbocycles. The van der Waals surface area contributed by atoms with Crippen LogP contribution in [-0.2, 0) is 4.79 Å². The fourth-order valence-corrected chi connectivity index (χ4v) is 0. The Bertz CT molecular complexity index is 154. The number of hydrogen-bond donors (Lipinski definition) is 4. The lowest BCUT2D eigenvalue weighted by Gasteiger charge is -2.02. The zero-order valence-corrected chi connectivity index (χ0v) is 17.1. The summed E-state index contributed by atoms with van der Waals surface area (Å²) in [4.78, 5) is 7.93. The van der Waals surface area contributed by atoms with Crippen LogP contribution in [0, 0.1) is 0 Å². The van der Waals surface area contributed by atoms with Gasteiger partial charge in [0.05, 0.1) is 5.97 Å². The maximum atomic E-state index is 9.53. The first kappa shape index (κ1) is 49.5. The molecule has 146 valence electrons. The van der Waals surface area contributed by atoms with Crippen molar-refractivity contribution in [1.82, 2.24) is 24.6 Å². The summed E-state index contributed by atoms with van der Waals surface area (Å²) in [6.07, 6.45) is -1.25. The van der Waals surface area contributed by atoms with E-state index in [-0.39, 0.29) is 24.6 Å². The second-order valence-corrected chi connectivity index (χ2v) is 4.86. The van der Waals surface area contributed by atoms with Crippen LogP contribution in [0.1, 0.15) is 41.5 Å². The van der Waals surface area contributed by atoms with E-state index in [2.05, 4.69) is 0 Å². The molecule has 11 heteroatoms. The first-order valence-corrected chi connectivity index (χ1v) is 6.18. The number of carboxylic acid groups (broad SMARTS) is 1. The predicted octanol–water partition coefficient (Wildman–Crippen LogP) is 0.310. The van der Waals surface area contributed by atoms with Crippen LogP contribution < -0.4 is 45.0 Å². The van der Waals surface area contributed by atoms with E-state index in [1.54, 1.807) is 41.5 Å². The summed E-state index contributed by atoms with van der Waals surface area (Å²) in [7, 11) is 0. The van der Waals surface area contributed by atoms with E-state index in [9.17, 15) is 25.2 Å². The van der Waals surface area contributed by atoms with Crippen molar-refractivity contribution >= 4 is 29.2 Å². The molecule has 0 spiro atoms. The minimum atomic E-state index is -1.46. The van der Waals surface area contributed by atoms with Crippen molar-refractivity contribution in [2.24, 2.45) is 0 Å². The predicted molar refractivity (Wildman–Crippen MR) is 89.8 cm³/mol. The lowest BCUT2D eigenvalue weighted by atomic mass is 10.5. The van der Waals surface area contributed by atoms with Crippen molar-refractivity contribution in [3.8, 4) is 0 Å². The molecule has 22 heavy (non-hydrogen) atoms. The van der Waals surface area contributed by atoms with E-state index in [4.69, 9.17) is 23.2 Å². The van der Waals surface area contributed by atoms with Gasteiger partial charge in [0.15, 0.2) is 0 Å². The Labute approximate surface area is 144 Å². The van der Waals surface area contributed by atoms with E-state index < -0.39 is 29.1 Å². The highest BCUT2D eigenvalue weighted by Crippen LogP contribution is 1.96. The number of halogens is 2. The molecule has 16 N–H and O–H groups in total. The second-order valence-electron chi connectivity index (χ2n) is 3.77. The molecule has 0 aliphatic rings. The lowest BCUT2D eigenvalue weighted by Crippen LogP contribution is -2.28. The molecule has 0 aliphatic heterocycles. The van der Waals surface area contributed by atoms with Gasteiger partial charge in [0, 0.05) is 0 Å². The van der Waals surface area contributed by atoms with E-state index in [1.165, 1.54) is 0 Å². The molecule has 0 aliphatic carbocycles. The lowest BCUT2D eigenvalue weighted by molar-refractivity contribution is -0.408. The monoisotopic (exact) mass is 376 g/mol. The van der Waals surface area contributed by atoms with Crippen molar-refractivity contribution in [3.63, 3.8) is 0 Å². The average molecular weight is 377 g/mol. The van der Waals surface area contributed by atoms with Gasteiger partial charge < -0.3 is 49.8 Å². The standard InChI is InChI=1S/3C3H7O.C2H2Cl2O2.4H3N/c3*1-3(2)4;3-1(4)2(5)6;;;;/h3*3H,1-2H3;1H,(H,5,6);4*1H3/q3*-1;;;;;/p+3. The Hall–Kier alpha value is -0.230. The van der Waals surface area contributed by atoms with Gasteiger partial charge >= 0.3 is 0 Å². The molecule has 0 aromatic heterocycles. The Morgan fingerprint density at radius 3 is 0.727 bits per heavy atom. The molecule has 0 fully saturated rings. The molecule has 0 saturated heterocycles. The molecule has 0 bridgehead atoms. The fraction of sp³-hybridized carbons (Fsp3) is 0.909. The van der Waals surface area contributed by atoms with E-state index in [0.717, 1.165) is 0 Å². The molecule has 0 saturated carbocycles. The van der Waals surface area contributed by atoms with Gasteiger partial charge in [0.25, 0.3) is 0 Å². The molecule has 0 aromatic rings. The van der Waals surface area contributed by atoms with Crippen molar-refractivity contribution in [1.29, 1.82) is 0 Å². The summed E-state index contributed by atoms with van der Waals surface area (Å²) in [5, 5.41) is 37.9. The largest absolute Gasteiger partial charge is 0.852 e. The summed E-state index contributed by atoms with van der Waals surface area (Å²) >= 11 is 9.43.